The third-order valence-corrected chi connectivity index (χ3v) is 2.33. The molecule has 2 atom stereocenters. The lowest BCUT2D eigenvalue weighted by atomic mass is 9.90. The van der Waals surface area contributed by atoms with Gasteiger partial charge in [-0.25, -0.2) is 0 Å². The number of hydrogen-bond donors (Lipinski definition) is 2. The fourth-order valence-corrected chi connectivity index (χ4v) is 1.33. The first-order valence-electron chi connectivity index (χ1n) is 4.77. The standard InChI is InChI=1S/C10H22O2/c1-5-9(8(2)11)6-7-10(3,4)12/h8-9,11-12H,5-7H2,1-4H3. The highest BCUT2D eigenvalue weighted by molar-refractivity contribution is 4.70. The van der Waals surface area contributed by atoms with Crippen LogP contribution in [-0.2, 0) is 0 Å². The van der Waals surface area contributed by atoms with E-state index in [2.05, 4.69) is 6.92 Å². The van der Waals surface area contributed by atoms with Crippen LogP contribution in [0.25, 0.3) is 0 Å². The SMILES string of the molecule is CCC(CCC(C)(C)O)C(C)O. The van der Waals surface area contributed by atoms with E-state index in [1.54, 1.807) is 0 Å². The zero-order valence-corrected chi connectivity index (χ0v) is 8.67. The predicted octanol–water partition coefficient (Wildman–Crippen LogP) is 1.94. The van der Waals surface area contributed by atoms with E-state index in [4.69, 9.17) is 0 Å². The maximum Gasteiger partial charge on any atom is 0.0591 e. The minimum atomic E-state index is -0.595. The summed E-state index contributed by atoms with van der Waals surface area (Å²) in [4.78, 5) is 0. The van der Waals surface area contributed by atoms with Crippen LogP contribution in [0.5, 0.6) is 0 Å². The Morgan fingerprint density at radius 3 is 2.08 bits per heavy atom. The third-order valence-electron chi connectivity index (χ3n) is 2.33. The molecule has 12 heavy (non-hydrogen) atoms. The van der Waals surface area contributed by atoms with E-state index in [-0.39, 0.29) is 6.10 Å². The van der Waals surface area contributed by atoms with Gasteiger partial charge in [0, 0.05) is 0 Å². The zero-order valence-electron chi connectivity index (χ0n) is 8.67. The molecule has 0 saturated carbocycles. The molecule has 0 radical (unpaired) electrons. The fourth-order valence-electron chi connectivity index (χ4n) is 1.33. The summed E-state index contributed by atoms with van der Waals surface area (Å²) in [5.41, 5.74) is -0.595. The molecule has 0 rings (SSSR count). The van der Waals surface area contributed by atoms with Gasteiger partial charge in [-0.2, -0.15) is 0 Å². The molecule has 0 fully saturated rings. The molecule has 0 aliphatic heterocycles. The summed E-state index contributed by atoms with van der Waals surface area (Å²) in [5, 5.41) is 18.8. The Labute approximate surface area is 75.6 Å². The van der Waals surface area contributed by atoms with Crippen molar-refractivity contribution in [3.63, 3.8) is 0 Å². The molecule has 2 unspecified atom stereocenters. The molecule has 0 aromatic carbocycles. The van der Waals surface area contributed by atoms with Crippen molar-refractivity contribution in [2.45, 2.75) is 58.7 Å². The molecular formula is C10H22O2. The monoisotopic (exact) mass is 174 g/mol. The largest absolute Gasteiger partial charge is 0.393 e. The van der Waals surface area contributed by atoms with E-state index >= 15 is 0 Å². The molecule has 0 amide bonds. The lowest BCUT2D eigenvalue weighted by molar-refractivity contribution is 0.0476. The van der Waals surface area contributed by atoms with Crippen molar-refractivity contribution in [3.05, 3.63) is 0 Å². The van der Waals surface area contributed by atoms with Gasteiger partial charge in [-0.1, -0.05) is 13.3 Å². The van der Waals surface area contributed by atoms with Crippen molar-refractivity contribution in [1.82, 2.24) is 0 Å². The van der Waals surface area contributed by atoms with Gasteiger partial charge in [0.2, 0.25) is 0 Å². The summed E-state index contributed by atoms with van der Waals surface area (Å²) in [6.07, 6.45) is 2.39. The second-order valence-electron chi connectivity index (χ2n) is 4.26. The summed E-state index contributed by atoms with van der Waals surface area (Å²) < 4.78 is 0. The Morgan fingerprint density at radius 2 is 1.83 bits per heavy atom. The maximum atomic E-state index is 9.46. The van der Waals surface area contributed by atoms with Crippen LogP contribution in [0.15, 0.2) is 0 Å². The van der Waals surface area contributed by atoms with Crippen LogP contribution < -0.4 is 0 Å². The molecule has 2 heteroatoms. The Hall–Kier alpha value is -0.0800. The van der Waals surface area contributed by atoms with Gasteiger partial charge >= 0.3 is 0 Å². The van der Waals surface area contributed by atoms with Gasteiger partial charge in [0.1, 0.15) is 0 Å². The van der Waals surface area contributed by atoms with Gasteiger partial charge in [0.05, 0.1) is 11.7 Å². The van der Waals surface area contributed by atoms with E-state index in [0.717, 1.165) is 19.3 Å². The topological polar surface area (TPSA) is 40.5 Å². The van der Waals surface area contributed by atoms with Crippen LogP contribution in [0.2, 0.25) is 0 Å². The van der Waals surface area contributed by atoms with Gasteiger partial charge in [-0.15, -0.1) is 0 Å². The van der Waals surface area contributed by atoms with Crippen LogP contribution >= 0.6 is 0 Å². The number of aliphatic hydroxyl groups is 2. The molecule has 0 aliphatic rings. The van der Waals surface area contributed by atoms with Gasteiger partial charge < -0.3 is 10.2 Å². The van der Waals surface area contributed by atoms with Crippen molar-refractivity contribution in [3.8, 4) is 0 Å². The van der Waals surface area contributed by atoms with E-state index in [9.17, 15) is 10.2 Å². The second-order valence-corrected chi connectivity index (χ2v) is 4.26. The Bertz CT molecular complexity index is 113. The third kappa shape index (κ3) is 5.56. The minimum absolute atomic E-state index is 0.252. The van der Waals surface area contributed by atoms with E-state index in [1.807, 2.05) is 20.8 Å². The van der Waals surface area contributed by atoms with Crippen molar-refractivity contribution >= 4 is 0 Å². The summed E-state index contributed by atoms with van der Waals surface area (Å²) >= 11 is 0. The van der Waals surface area contributed by atoms with E-state index in [1.165, 1.54) is 0 Å². The quantitative estimate of drug-likeness (QED) is 0.668. The molecule has 74 valence electrons. The highest BCUT2D eigenvalue weighted by atomic mass is 16.3. The predicted molar refractivity (Wildman–Crippen MR) is 51.0 cm³/mol. The molecule has 0 saturated heterocycles. The van der Waals surface area contributed by atoms with Gasteiger partial charge in [0.25, 0.3) is 0 Å². The van der Waals surface area contributed by atoms with Crippen molar-refractivity contribution in [2.24, 2.45) is 5.92 Å². The number of hydrogen-bond acceptors (Lipinski definition) is 2. The molecular weight excluding hydrogens is 152 g/mol. The molecule has 0 bridgehead atoms. The number of aliphatic hydroxyl groups excluding tert-OH is 1. The van der Waals surface area contributed by atoms with Crippen LogP contribution in [0.1, 0.15) is 47.0 Å². The highest BCUT2D eigenvalue weighted by Gasteiger charge is 2.18. The smallest absolute Gasteiger partial charge is 0.0591 e. The maximum absolute atomic E-state index is 9.46. The molecule has 0 heterocycles. The van der Waals surface area contributed by atoms with Crippen LogP contribution in [0.4, 0.5) is 0 Å². The van der Waals surface area contributed by atoms with Gasteiger partial charge in [0.15, 0.2) is 0 Å². The molecule has 0 aromatic rings. The van der Waals surface area contributed by atoms with Crippen LogP contribution in [-0.4, -0.2) is 21.9 Å². The number of rotatable bonds is 5. The molecule has 0 aromatic heterocycles. The Kier molecular flexibility index (Phi) is 4.80. The normalized spacial score (nSPS) is 17.5. The molecule has 2 nitrogen and oxygen atoms in total. The average Bonchev–Trinajstić information content (AvgIpc) is 1.85. The van der Waals surface area contributed by atoms with Crippen LogP contribution in [0, 0.1) is 5.92 Å². The lowest BCUT2D eigenvalue weighted by Crippen LogP contribution is -2.23. The van der Waals surface area contributed by atoms with Gasteiger partial charge in [-0.05, 0) is 39.5 Å². The highest BCUT2D eigenvalue weighted by Crippen LogP contribution is 2.20. The first-order valence-corrected chi connectivity index (χ1v) is 4.77. The van der Waals surface area contributed by atoms with Crippen LogP contribution in [0.3, 0.4) is 0 Å². The molecule has 2 N–H and O–H groups in total. The van der Waals surface area contributed by atoms with Gasteiger partial charge in [-0.3, -0.25) is 0 Å². The van der Waals surface area contributed by atoms with Crippen molar-refractivity contribution in [1.29, 1.82) is 0 Å². The summed E-state index contributed by atoms with van der Waals surface area (Å²) in [6.45, 7) is 7.50. The Morgan fingerprint density at radius 1 is 1.33 bits per heavy atom. The Balaban J connectivity index is 3.73. The van der Waals surface area contributed by atoms with E-state index in [0.29, 0.717) is 5.92 Å². The van der Waals surface area contributed by atoms with E-state index < -0.39 is 5.60 Å². The zero-order chi connectivity index (χ0) is 9.78. The summed E-state index contributed by atoms with van der Waals surface area (Å²) in [7, 11) is 0. The summed E-state index contributed by atoms with van der Waals surface area (Å²) in [6, 6.07) is 0. The van der Waals surface area contributed by atoms with Crippen molar-refractivity contribution < 1.29 is 10.2 Å². The first kappa shape index (κ1) is 11.9. The summed E-state index contributed by atoms with van der Waals surface area (Å²) in [5.74, 6) is 0.330. The average molecular weight is 174 g/mol. The first-order chi connectivity index (χ1) is 5.37. The molecule has 0 aliphatic carbocycles. The minimum Gasteiger partial charge on any atom is -0.393 e. The lowest BCUT2D eigenvalue weighted by Gasteiger charge is -2.23. The molecule has 0 spiro atoms. The van der Waals surface area contributed by atoms with Crippen molar-refractivity contribution in [2.75, 3.05) is 0 Å². The second kappa shape index (κ2) is 4.83. The fraction of sp³-hybridized carbons (Fsp3) is 1.00.